The molecule has 1 unspecified atom stereocenters. The molecule has 1 saturated heterocycles. The summed E-state index contributed by atoms with van der Waals surface area (Å²) in [7, 11) is 0. The van der Waals surface area contributed by atoms with E-state index in [2.05, 4.69) is 28.4 Å². The summed E-state index contributed by atoms with van der Waals surface area (Å²) in [5.41, 5.74) is 2.36. The Morgan fingerprint density at radius 1 is 1.30 bits per heavy atom. The van der Waals surface area contributed by atoms with Crippen molar-refractivity contribution in [2.45, 2.75) is 45.1 Å². The fourth-order valence-electron chi connectivity index (χ4n) is 2.68. The highest BCUT2D eigenvalue weighted by Crippen LogP contribution is 2.29. The molecule has 1 heterocycles. The van der Waals surface area contributed by atoms with Gasteiger partial charge in [0, 0.05) is 25.6 Å². The minimum atomic E-state index is -0.733. The van der Waals surface area contributed by atoms with Gasteiger partial charge < -0.3 is 15.3 Å². The SMILES string of the molecule is CC(CCC(=O)O)Nc1ccccc1N1CCCCC1. The molecule has 1 atom stereocenters. The maximum absolute atomic E-state index is 10.6. The van der Waals surface area contributed by atoms with Crippen molar-refractivity contribution >= 4 is 17.3 Å². The molecule has 1 aliphatic heterocycles. The summed E-state index contributed by atoms with van der Waals surface area (Å²) in [5.74, 6) is -0.733. The third-order valence-corrected chi connectivity index (χ3v) is 3.79. The Morgan fingerprint density at radius 3 is 2.70 bits per heavy atom. The Bertz CT molecular complexity index is 442. The van der Waals surface area contributed by atoms with Crippen molar-refractivity contribution in [2.75, 3.05) is 23.3 Å². The van der Waals surface area contributed by atoms with Crippen molar-refractivity contribution in [1.29, 1.82) is 0 Å². The maximum atomic E-state index is 10.6. The van der Waals surface area contributed by atoms with Crippen LogP contribution in [0.25, 0.3) is 0 Å². The van der Waals surface area contributed by atoms with Gasteiger partial charge in [0.2, 0.25) is 0 Å². The van der Waals surface area contributed by atoms with Gasteiger partial charge in [-0.3, -0.25) is 4.79 Å². The number of carboxylic acid groups (broad SMARTS) is 1. The second kappa shape index (κ2) is 7.17. The minimum Gasteiger partial charge on any atom is -0.481 e. The molecule has 0 radical (unpaired) electrons. The molecule has 1 aliphatic rings. The lowest BCUT2D eigenvalue weighted by Crippen LogP contribution is -2.30. The zero-order chi connectivity index (χ0) is 14.4. The van der Waals surface area contributed by atoms with Crippen molar-refractivity contribution in [3.8, 4) is 0 Å². The first-order valence-corrected chi connectivity index (χ1v) is 7.49. The molecule has 0 bridgehead atoms. The van der Waals surface area contributed by atoms with Crippen LogP contribution < -0.4 is 10.2 Å². The van der Waals surface area contributed by atoms with Gasteiger partial charge in [-0.2, -0.15) is 0 Å². The zero-order valence-corrected chi connectivity index (χ0v) is 12.1. The lowest BCUT2D eigenvalue weighted by Gasteiger charge is -2.31. The lowest BCUT2D eigenvalue weighted by molar-refractivity contribution is -0.137. The van der Waals surface area contributed by atoms with Gasteiger partial charge in [-0.05, 0) is 44.7 Å². The largest absolute Gasteiger partial charge is 0.481 e. The summed E-state index contributed by atoms with van der Waals surface area (Å²) in [6.45, 7) is 4.26. The lowest BCUT2D eigenvalue weighted by atomic mass is 10.1. The fraction of sp³-hybridized carbons (Fsp3) is 0.562. The van der Waals surface area contributed by atoms with Crippen LogP contribution in [0.5, 0.6) is 0 Å². The van der Waals surface area contributed by atoms with Crippen LogP contribution in [-0.2, 0) is 4.79 Å². The quantitative estimate of drug-likeness (QED) is 0.836. The minimum absolute atomic E-state index is 0.164. The molecule has 0 aromatic heterocycles. The first-order valence-electron chi connectivity index (χ1n) is 7.49. The number of carbonyl (C=O) groups is 1. The predicted octanol–water partition coefficient (Wildman–Crippen LogP) is 3.34. The molecule has 2 rings (SSSR count). The molecule has 4 nitrogen and oxygen atoms in total. The van der Waals surface area contributed by atoms with Gasteiger partial charge >= 0.3 is 5.97 Å². The van der Waals surface area contributed by atoms with Crippen LogP contribution >= 0.6 is 0 Å². The van der Waals surface area contributed by atoms with Gasteiger partial charge in [0.25, 0.3) is 0 Å². The molecule has 20 heavy (non-hydrogen) atoms. The molecule has 0 amide bonds. The Balaban J connectivity index is 2.01. The van der Waals surface area contributed by atoms with Gasteiger partial charge in [-0.1, -0.05) is 12.1 Å². The predicted molar refractivity (Wildman–Crippen MR) is 82.5 cm³/mol. The number of benzene rings is 1. The van der Waals surface area contributed by atoms with Crippen molar-refractivity contribution < 1.29 is 9.90 Å². The number of aliphatic carboxylic acids is 1. The van der Waals surface area contributed by atoms with Gasteiger partial charge in [0.15, 0.2) is 0 Å². The summed E-state index contributed by atoms with van der Waals surface area (Å²) in [6.07, 6.45) is 4.68. The average Bonchev–Trinajstić information content (AvgIpc) is 2.47. The summed E-state index contributed by atoms with van der Waals surface area (Å²) < 4.78 is 0. The fourth-order valence-corrected chi connectivity index (χ4v) is 2.68. The molecule has 0 saturated carbocycles. The number of piperidine rings is 1. The summed E-state index contributed by atoms with van der Waals surface area (Å²) >= 11 is 0. The molecule has 4 heteroatoms. The standard InChI is InChI=1S/C16H24N2O2/c1-13(9-10-16(19)20)17-14-7-3-4-8-15(14)18-11-5-2-6-12-18/h3-4,7-8,13,17H,2,5-6,9-12H2,1H3,(H,19,20). The molecule has 1 aromatic rings. The van der Waals surface area contributed by atoms with Gasteiger partial charge in [0.05, 0.1) is 11.4 Å². The van der Waals surface area contributed by atoms with Crippen LogP contribution in [0, 0.1) is 0 Å². The van der Waals surface area contributed by atoms with Crippen LogP contribution in [0.1, 0.15) is 39.0 Å². The number of nitrogens with one attached hydrogen (secondary N) is 1. The smallest absolute Gasteiger partial charge is 0.303 e. The molecule has 110 valence electrons. The molecule has 2 N–H and O–H groups in total. The molecule has 0 spiro atoms. The third-order valence-electron chi connectivity index (χ3n) is 3.79. The second-order valence-corrected chi connectivity index (χ2v) is 5.54. The average molecular weight is 276 g/mol. The van der Waals surface area contributed by atoms with Crippen LogP contribution in [0.3, 0.4) is 0 Å². The van der Waals surface area contributed by atoms with Crippen molar-refractivity contribution in [3.05, 3.63) is 24.3 Å². The van der Waals surface area contributed by atoms with Crippen molar-refractivity contribution in [3.63, 3.8) is 0 Å². The van der Waals surface area contributed by atoms with E-state index in [1.807, 2.05) is 13.0 Å². The highest BCUT2D eigenvalue weighted by molar-refractivity contribution is 5.70. The number of hydrogen-bond donors (Lipinski definition) is 2. The van der Waals surface area contributed by atoms with Crippen LogP contribution in [-0.4, -0.2) is 30.2 Å². The number of hydrogen-bond acceptors (Lipinski definition) is 3. The van der Waals surface area contributed by atoms with E-state index in [0.29, 0.717) is 6.42 Å². The van der Waals surface area contributed by atoms with Crippen molar-refractivity contribution in [1.82, 2.24) is 0 Å². The van der Waals surface area contributed by atoms with E-state index in [4.69, 9.17) is 5.11 Å². The van der Waals surface area contributed by atoms with E-state index >= 15 is 0 Å². The maximum Gasteiger partial charge on any atom is 0.303 e. The van der Waals surface area contributed by atoms with E-state index in [0.717, 1.165) is 18.8 Å². The monoisotopic (exact) mass is 276 g/mol. The molecule has 0 aliphatic carbocycles. The van der Waals surface area contributed by atoms with Crippen molar-refractivity contribution in [2.24, 2.45) is 0 Å². The van der Waals surface area contributed by atoms with Crippen LogP contribution in [0.4, 0.5) is 11.4 Å². The van der Waals surface area contributed by atoms with E-state index in [1.54, 1.807) is 0 Å². The molecular formula is C16H24N2O2. The topological polar surface area (TPSA) is 52.6 Å². The van der Waals surface area contributed by atoms with Gasteiger partial charge in [0.1, 0.15) is 0 Å². The first kappa shape index (κ1) is 14.7. The summed E-state index contributed by atoms with van der Waals surface area (Å²) in [6, 6.07) is 8.49. The second-order valence-electron chi connectivity index (χ2n) is 5.54. The summed E-state index contributed by atoms with van der Waals surface area (Å²) in [5, 5.41) is 12.2. The van der Waals surface area contributed by atoms with Crippen LogP contribution in [0.15, 0.2) is 24.3 Å². The number of nitrogens with zero attached hydrogens (tertiary/aromatic N) is 1. The highest BCUT2D eigenvalue weighted by atomic mass is 16.4. The molecule has 1 aromatic carbocycles. The number of rotatable bonds is 6. The van der Waals surface area contributed by atoms with E-state index in [9.17, 15) is 4.79 Å². The normalized spacial score (nSPS) is 16.8. The van der Waals surface area contributed by atoms with Crippen LogP contribution in [0.2, 0.25) is 0 Å². The van der Waals surface area contributed by atoms with Gasteiger partial charge in [-0.15, -0.1) is 0 Å². The number of carboxylic acids is 1. The highest BCUT2D eigenvalue weighted by Gasteiger charge is 2.15. The van der Waals surface area contributed by atoms with E-state index in [1.165, 1.54) is 24.9 Å². The number of para-hydroxylation sites is 2. The Morgan fingerprint density at radius 2 is 2.00 bits per heavy atom. The zero-order valence-electron chi connectivity index (χ0n) is 12.1. The molecule has 1 fully saturated rings. The summed E-state index contributed by atoms with van der Waals surface area (Å²) in [4.78, 5) is 13.1. The van der Waals surface area contributed by atoms with E-state index in [-0.39, 0.29) is 12.5 Å². The van der Waals surface area contributed by atoms with Gasteiger partial charge in [-0.25, -0.2) is 0 Å². The Labute approximate surface area is 120 Å². The Kier molecular flexibility index (Phi) is 5.27. The first-order chi connectivity index (χ1) is 9.66. The third kappa shape index (κ3) is 4.15. The Hall–Kier alpha value is -1.71. The number of anilines is 2. The van der Waals surface area contributed by atoms with E-state index < -0.39 is 5.97 Å². The molecular weight excluding hydrogens is 252 g/mol.